The molecule has 0 unspecified atom stereocenters. The van der Waals surface area contributed by atoms with Crippen molar-refractivity contribution in [1.29, 1.82) is 0 Å². The zero-order valence-electron chi connectivity index (χ0n) is 13.6. The van der Waals surface area contributed by atoms with Gasteiger partial charge < -0.3 is 15.4 Å². The monoisotopic (exact) mass is 344 g/mol. The Hall–Kier alpha value is -2.67. The van der Waals surface area contributed by atoms with E-state index in [2.05, 4.69) is 19.9 Å². The van der Waals surface area contributed by atoms with Crippen LogP contribution in [-0.4, -0.2) is 34.0 Å². The maximum atomic E-state index is 6.05. The number of aryl methyl sites for hydroxylation is 1. The molecule has 3 aromatic rings. The fourth-order valence-corrected chi connectivity index (χ4v) is 2.44. The lowest BCUT2D eigenvalue weighted by Gasteiger charge is -2.12. The number of nitrogen functional groups attached to an aromatic ring is 1. The minimum absolute atomic E-state index is 0.141. The molecule has 1 aromatic carbocycles. The third-order valence-corrected chi connectivity index (χ3v) is 3.55. The van der Waals surface area contributed by atoms with Crippen molar-refractivity contribution in [2.24, 2.45) is 0 Å². The first-order valence-electron chi connectivity index (χ1n) is 7.30. The summed E-state index contributed by atoms with van der Waals surface area (Å²) in [5.41, 5.74) is 6.56. The van der Waals surface area contributed by atoms with Gasteiger partial charge in [-0.1, -0.05) is 11.6 Å². The molecule has 0 atom stereocenters. The van der Waals surface area contributed by atoms with Crippen LogP contribution < -0.4 is 15.4 Å². The van der Waals surface area contributed by atoms with Gasteiger partial charge in [0.15, 0.2) is 5.82 Å². The van der Waals surface area contributed by atoms with E-state index in [4.69, 9.17) is 22.1 Å². The Balaban J connectivity index is 1.91. The van der Waals surface area contributed by atoms with E-state index in [9.17, 15) is 0 Å². The molecule has 0 radical (unpaired) electrons. The number of anilines is 2. The van der Waals surface area contributed by atoms with Crippen molar-refractivity contribution in [3.05, 3.63) is 40.8 Å². The Morgan fingerprint density at radius 3 is 2.67 bits per heavy atom. The van der Waals surface area contributed by atoms with Crippen LogP contribution in [0.2, 0.25) is 5.02 Å². The molecule has 24 heavy (non-hydrogen) atoms. The van der Waals surface area contributed by atoms with Crippen LogP contribution in [0.4, 0.5) is 11.9 Å². The highest BCUT2D eigenvalue weighted by Gasteiger charge is 2.10. The second-order valence-electron chi connectivity index (χ2n) is 5.53. The number of benzene rings is 1. The molecule has 3 rings (SSSR count). The molecule has 124 valence electrons. The molecule has 0 saturated carbocycles. The molecule has 0 fully saturated rings. The van der Waals surface area contributed by atoms with Gasteiger partial charge in [0.05, 0.1) is 0 Å². The molecule has 2 aromatic heterocycles. The van der Waals surface area contributed by atoms with Crippen molar-refractivity contribution in [1.82, 2.24) is 19.9 Å². The predicted octanol–water partition coefficient (Wildman–Crippen LogP) is 2.61. The predicted molar refractivity (Wildman–Crippen MR) is 94.4 cm³/mol. The zero-order valence-corrected chi connectivity index (χ0v) is 14.4. The van der Waals surface area contributed by atoms with Gasteiger partial charge in [-0.3, -0.25) is 0 Å². The number of nitrogens with zero attached hydrogens (tertiary/aromatic N) is 5. The van der Waals surface area contributed by atoms with Crippen molar-refractivity contribution >= 4 is 34.3 Å². The topological polar surface area (TPSA) is 90.0 Å². The average molecular weight is 345 g/mol. The van der Waals surface area contributed by atoms with Crippen molar-refractivity contribution in [2.45, 2.75) is 13.5 Å². The molecule has 0 spiro atoms. The van der Waals surface area contributed by atoms with Gasteiger partial charge in [0.2, 0.25) is 17.8 Å². The zero-order chi connectivity index (χ0) is 17.3. The van der Waals surface area contributed by atoms with E-state index in [1.165, 1.54) is 0 Å². The number of hydrogen-bond acceptors (Lipinski definition) is 7. The highest BCUT2D eigenvalue weighted by molar-refractivity contribution is 6.31. The van der Waals surface area contributed by atoms with Gasteiger partial charge in [0.25, 0.3) is 0 Å². The smallest absolute Gasteiger partial charge is 0.230 e. The van der Waals surface area contributed by atoms with E-state index in [0.29, 0.717) is 22.7 Å². The van der Waals surface area contributed by atoms with Gasteiger partial charge in [-0.25, -0.2) is 4.98 Å². The number of ether oxygens (including phenoxy) is 1. The van der Waals surface area contributed by atoms with Gasteiger partial charge in [-0.2, -0.15) is 15.0 Å². The Labute approximate surface area is 144 Å². The van der Waals surface area contributed by atoms with Crippen LogP contribution in [0.15, 0.2) is 24.3 Å². The highest BCUT2D eigenvalue weighted by Crippen LogP contribution is 2.27. The third-order valence-electron chi connectivity index (χ3n) is 3.31. The summed E-state index contributed by atoms with van der Waals surface area (Å²) in [4.78, 5) is 18.7. The van der Waals surface area contributed by atoms with E-state index in [0.717, 1.165) is 16.5 Å². The molecule has 0 aliphatic heterocycles. The lowest BCUT2D eigenvalue weighted by atomic mass is 10.1. The summed E-state index contributed by atoms with van der Waals surface area (Å²) in [7, 11) is 3.66. The molecular formula is C16H17ClN6O. The van der Waals surface area contributed by atoms with Gasteiger partial charge in [0.1, 0.15) is 6.61 Å². The van der Waals surface area contributed by atoms with E-state index < -0.39 is 0 Å². The van der Waals surface area contributed by atoms with Crippen LogP contribution >= 0.6 is 11.6 Å². The van der Waals surface area contributed by atoms with Gasteiger partial charge in [-0.15, -0.1) is 0 Å². The summed E-state index contributed by atoms with van der Waals surface area (Å²) in [5.74, 6) is 1.58. The van der Waals surface area contributed by atoms with Crippen LogP contribution in [-0.2, 0) is 6.61 Å². The van der Waals surface area contributed by atoms with E-state index in [-0.39, 0.29) is 12.6 Å². The second kappa shape index (κ2) is 6.45. The standard InChI is InChI=1S/C16H17ClN6O/c1-9-6-10-7-11(17)4-5-12(10)14(19-9)24-8-13-20-15(18)22-16(21-13)23(2)3/h4-7H,8H2,1-3H3,(H2,18,20,21,22). The maximum Gasteiger partial charge on any atom is 0.230 e. The molecule has 0 amide bonds. The molecular weight excluding hydrogens is 328 g/mol. The summed E-state index contributed by atoms with van der Waals surface area (Å²) in [6.07, 6.45) is 0. The average Bonchev–Trinajstić information content (AvgIpc) is 2.51. The number of halogens is 1. The highest BCUT2D eigenvalue weighted by atomic mass is 35.5. The second-order valence-corrected chi connectivity index (χ2v) is 5.96. The molecule has 7 nitrogen and oxygen atoms in total. The maximum absolute atomic E-state index is 6.05. The molecule has 0 bridgehead atoms. The van der Waals surface area contributed by atoms with Crippen molar-refractivity contribution in [2.75, 3.05) is 24.7 Å². The van der Waals surface area contributed by atoms with Gasteiger partial charge in [0, 0.05) is 30.2 Å². The molecule has 8 heteroatoms. The van der Waals surface area contributed by atoms with Crippen molar-refractivity contribution in [3.8, 4) is 5.88 Å². The summed E-state index contributed by atoms with van der Waals surface area (Å²) < 4.78 is 5.83. The first-order valence-corrected chi connectivity index (χ1v) is 7.67. The number of rotatable bonds is 4. The summed E-state index contributed by atoms with van der Waals surface area (Å²) >= 11 is 6.05. The van der Waals surface area contributed by atoms with Crippen LogP contribution in [0.5, 0.6) is 5.88 Å². The largest absolute Gasteiger partial charge is 0.469 e. The molecule has 2 N–H and O–H groups in total. The number of aromatic nitrogens is 4. The SMILES string of the molecule is Cc1cc2cc(Cl)ccc2c(OCc2nc(N)nc(N(C)C)n2)n1. The van der Waals surface area contributed by atoms with Crippen LogP contribution in [0.3, 0.4) is 0 Å². The Morgan fingerprint density at radius 1 is 1.12 bits per heavy atom. The van der Waals surface area contributed by atoms with Gasteiger partial charge >= 0.3 is 0 Å². The van der Waals surface area contributed by atoms with E-state index >= 15 is 0 Å². The third kappa shape index (κ3) is 3.46. The van der Waals surface area contributed by atoms with Crippen LogP contribution in [0.1, 0.15) is 11.5 Å². The molecule has 0 saturated heterocycles. The first-order chi connectivity index (χ1) is 11.4. The first kappa shape index (κ1) is 16.2. The minimum atomic E-state index is 0.141. The number of pyridine rings is 1. The quantitative estimate of drug-likeness (QED) is 0.777. The molecule has 2 heterocycles. The van der Waals surface area contributed by atoms with Crippen molar-refractivity contribution < 1.29 is 4.74 Å². The molecule has 0 aliphatic carbocycles. The summed E-state index contributed by atoms with van der Waals surface area (Å²) in [6, 6.07) is 7.52. The van der Waals surface area contributed by atoms with Crippen LogP contribution in [0.25, 0.3) is 10.8 Å². The van der Waals surface area contributed by atoms with E-state index in [1.54, 1.807) is 11.0 Å². The van der Waals surface area contributed by atoms with E-state index in [1.807, 2.05) is 39.2 Å². The summed E-state index contributed by atoms with van der Waals surface area (Å²) in [5, 5.41) is 2.51. The number of nitrogens with two attached hydrogens (primary N) is 1. The summed E-state index contributed by atoms with van der Waals surface area (Å²) in [6.45, 7) is 2.04. The number of hydrogen-bond donors (Lipinski definition) is 1. The normalized spacial score (nSPS) is 10.8. The fourth-order valence-electron chi connectivity index (χ4n) is 2.26. The fraction of sp³-hybridized carbons (Fsp3) is 0.250. The minimum Gasteiger partial charge on any atom is -0.469 e. The van der Waals surface area contributed by atoms with Gasteiger partial charge in [-0.05, 0) is 36.6 Å². The molecule has 0 aliphatic rings. The lowest BCUT2D eigenvalue weighted by Crippen LogP contribution is -2.17. The van der Waals surface area contributed by atoms with Crippen LogP contribution in [0, 0.1) is 6.92 Å². The Bertz CT molecular complexity index is 894. The Morgan fingerprint density at radius 2 is 1.92 bits per heavy atom. The lowest BCUT2D eigenvalue weighted by molar-refractivity contribution is 0.287. The number of fused-ring (bicyclic) bond motifs is 1. The Kier molecular flexibility index (Phi) is 4.35. The van der Waals surface area contributed by atoms with Crippen molar-refractivity contribution in [3.63, 3.8) is 0 Å².